The van der Waals surface area contributed by atoms with Crippen LogP contribution in [0, 0.1) is 6.20 Å². The van der Waals surface area contributed by atoms with Crippen LogP contribution in [0.1, 0.15) is 5.56 Å². The average molecular weight is 211 g/mol. The minimum Gasteiger partial charge on any atom is -0.232 e. The summed E-state index contributed by atoms with van der Waals surface area (Å²) in [6.07, 6.45) is -0.201. The van der Waals surface area contributed by atoms with Crippen LogP contribution in [0.15, 0.2) is 36.5 Å². The Bertz CT molecular complexity index is 446. The summed E-state index contributed by atoms with van der Waals surface area (Å²) >= 11 is 0. The van der Waals surface area contributed by atoms with Crippen molar-refractivity contribution in [3.63, 3.8) is 0 Å². The van der Waals surface area contributed by atoms with Crippen molar-refractivity contribution in [1.29, 1.82) is 0 Å². The van der Waals surface area contributed by atoms with Crippen molar-refractivity contribution in [3.8, 4) is 5.69 Å². The molecule has 0 atom stereocenters. The zero-order valence-corrected chi connectivity index (χ0v) is 7.49. The van der Waals surface area contributed by atoms with Crippen LogP contribution >= 0.6 is 0 Å². The lowest BCUT2D eigenvalue weighted by atomic mass is 10.2. The van der Waals surface area contributed by atoms with E-state index >= 15 is 0 Å². The molecule has 1 aromatic carbocycles. The van der Waals surface area contributed by atoms with E-state index in [2.05, 4.69) is 11.3 Å². The Kier molecular flexibility index (Phi) is 2.22. The minimum absolute atomic E-state index is 0.342. The summed E-state index contributed by atoms with van der Waals surface area (Å²) in [5.74, 6) is 0. The zero-order chi connectivity index (χ0) is 10.9. The van der Waals surface area contributed by atoms with Crippen LogP contribution in [-0.4, -0.2) is 9.78 Å². The fraction of sp³-hybridized carbons (Fsp3) is 0.100. The summed E-state index contributed by atoms with van der Waals surface area (Å²) in [6.45, 7) is 0. The molecular formula is C10H6F3N2. The maximum absolute atomic E-state index is 12.4. The average Bonchev–Trinajstić information content (AvgIpc) is 2.69. The van der Waals surface area contributed by atoms with E-state index in [1.165, 1.54) is 23.0 Å². The van der Waals surface area contributed by atoms with Gasteiger partial charge in [0.05, 0.1) is 23.6 Å². The number of hydrogen-bond acceptors (Lipinski definition) is 1. The highest BCUT2D eigenvalue weighted by Gasteiger charge is 2.30. The Balaban J connectivity index is 2.44. The molecule has 2 nitrogen and oxygen atoms in total. The quantitative estimate of drug-likeness (QED) is 0.709. The first-order chi connectivity index (χ1) is 7.07. The molecule has 2 rings (SSSR count). The molecule has 0 aliphatic heterocycles. The van der Waals surface area contributed by atoms with E-state index in [9.17, 15) is 13.2 Å². The van der Waals surface area contributed by atoms with Gasteiger partial charge < -0.3 is 0 Å². The first kappa shape index (κ1) is 9.76. The molecule has 0 unspecified atom stereocenters. The predicted molar refractivity (Wildman–Crippen MR) is 47.4 cm³/mol. The van der Waals surface area contributed by atoms with Crippen molar-refractivity contribution in [2.24, 2.45) is 0 Å². The van der Waals surface area contributed by atoms with Crippen LogP contribution in [0.25, 0.3) is 5.69 Å². The van der Waals surface area contributed by atoms with Crippen LogP contribution in [0.2, 0.25) is 0 Å². The Morgan fingerprint density at radius 1 is 1.27 bits per heavy atom. The van der Waals surface area contributed by atoms with Crippen LogP contribution in [0.3, 0.4) is 0 Å². The van der Waals surface area contributed by atoms with Crippen molar-refractivity contribution < 1.29 is 13.2 Å². The van der Waals surface area contributed by atoms with Crippen molar-refractivity contribution >= 4 is 0 Å². The van der Waals surface area contributed by atoms with Crippen molar-refractivity contribution in [1.82, 2.24) is 9.78 Å². The van der Waals surface area contributed by atoms with Crippen LogP contribution in [0.5, 0.6) is 0 Å². The molecule has 0 fully saturated rings. The molecule has 1 radical (unpaired) electrons. The molecule has 1 aromatic heterocycles. The Hall–Kier alpha value is -1.78. The molecule has 0 amide bonds. The van der Waals surface area contributed by atoms with Gasteiger partial charge in [-0.2, -0.15) is 18.3 Å². The molecule has 0 aliphatic rings. The third kappa shape index (κ3) is 2.01. The number of halogens is 3. The summed E-state index contributed by atoms with van der Waals surface area (Å²) in [7, 11) is 0. The topological polar surface area (TPSA) is 17.8 Å². The molecule has 0 aliphatic carbocycles. The van der Waals surface area contributed by atoms with Gasteiger partial charge in [0, 0.05) is 0 Å². The monoisotopic (exact) mass is 211 g/mol. The number of alkyl halides is 3. The van der Waals surface area contributed by atoms with Gasteiger partial charge >= 0.3 is 6.18 Å². The van der Waals surface area contributed by atoms with Gasteiger partial charge in [0.15, 0.2) is 0 Å². The van der Waals surface area contributed by atoms with Crippen molar-refractivity contribution in [3.05, 3.63) is 48.3 Å². The summed E-state index contributed by atoms with van der Waals surface area (Å²) in [6, 6.07) is 6.46. The number of nitrogens with zero attached hydrogens (tertiary/aromatic N) is 2. The molecule has 5 heteroatoms. The van der Waals surface area contributed by atoms with Gasteiger partial charge in [-0.3, -0.25) is 0 Å². The van der Waals surface area contributed by atoms with Gasteiger partial charge in [0.2, 0.25) is 0 Å². The minimum atomic E-state index is -4.33. The van der Waals surface area contributed by atoms with Gasteiger partial charge in [0.25, 0.3) is 0 Å². The zero-order valence-electron chi connectivity index (χ0n) is 7.49. The molecule has 0 N–H and O–H groups in total. The second kappa shape index (κ2) is 3.42. The lowest BCUT2D eigenvalue weighted by molar-refractivity contribution is -0.137. The predicted octanol–water partition coefficient (Wildman–Crippen LogP) is 2.69. The van der Waals surface area contributed by atoms with E-state index in [0.29, 0.717) is 5.69 Å². The van der Waals surface area contributed by atoms with E-state index in [0.717, 1.165) is 12.1 Å². The summed E-state index contributed by atoms with van der Waals surface area (Å²) in [5.41, 5.74) is -0.348. The van der Waals surface area contributed by atoms with E-state index in [4.69, 9.17) is 0 Å². The lowest BCUT2D eigenvalue weighted by Crippen LogP contribution is -2.06. The van der Waals surface area contributed by atoms with Gasteiger partial charge in [-0.25, -0.2) is 4.68 Å². The number of aromatic nitrogens is 2. The highest BCUT2D eigenvalue weighted by Crippen LogP contribution is 2.30. The molecule has 1 heterocycles. The maximum Gasteiger partial charge on any atom is 0.416 e. The Morgan fingerprint density at radius 3 is 2.67 bits per heavy atom. The smallest absolute Gasteiger partial charge is 0.232 e. The van der Waals surface area contributed by atoms with E-state index in [-0.39, 0.29) is 0 Å². The summed E-state index contributed by atoms with van der Waals surface area (Å²) in [4.78, 5) is 0. The Morgan fingerprint density at radius 2 is 2.07 bits per heavy atom. The summed E-state index contributed by atoms with van der Waals surface area (Å²) < 4.78 is 38.4. The van der Waals surface area contributed by atoms with Crippen LogP contribution in [-0.2, 0) is 6.18 Å². The molecule has 0 spiro atoms. The second-order valence-electron chi connectivity index (χ2n) is 2.92. The summed E-state index contributed by atoms with van der Waals surface area (Å²) in [5, 5.41) is 3.80. The van der Waals surface area contributed by atoms with E-state index in [1.54, 1.807) is 6.07 Å². The van der Waals surface area contributed by atoms with Gasteiger partial charge in [0.1, 0.15) is 0 Å². The highest BCUT2D eigenvalue weighted by molar-refractivity contribution is 5.35. The first-order valence-corrected chi connectivity index (χ1v) is 4.17. The third-order valence-electron chi connectivity index (χ3n) is 1.87. The fourth-order valence-corrected chi connectivity index (χ4v) is 1.19. The molecule has 0 bridgehead atoms. The fourth-order valence-electron chi connectivity index (χ4n) is 1.19. The number of rotatable bonds is 1. The largest absolute Gasteiger partial charge is 0.416 e. The van der Waals surface area contributed by atoms with Crippen molar-refractivity contribution in [2.75, 3.05) is 0 Å². The molecule has 15 heavy (non-hydrogen) atoms. The molecule has 0 saturated heterocycles. The molecular weight excluding hydrogens is 205 g/mol. The van der Waals surface area contributed by atoms with Crippen molar-refractivity contribution in [2.45, 2.75) is 6.18 Å². The lowest BCUT2D eigenvalue weighted by Gasteiger charge is -2.08. The van der Waals surface area contributed by atoms with Gasteiger partial charge in [-0.1, -0.05) is 6.07 Å². The third-order valence-corrected chi connectivity index (χ3v) is 1.87. The molecule has 2 aromatic rings. The van der Waals surface area contributed by atoms with E-state index < -0.39 is 11.7 Å². The number of benzene rings is 1. The van der Waals surface area contributed by atoms with Crippen LogP contribution < -0.4 is 0 Å². The standard InChI is InChI=1S/C10H6F3N2/c11-10(12,13)8-3-1-4-9(7-8)15-6-2-5-14-15/h1-5,7H. The normalized spacial score (nSPS) is 11.7. The van der Waals surface area contributed by atoms with E-state index in [1.807, 2.05) is 0 Å². The first-order valence-electron chi connectivity index (χ1n) is 4.17. The highest BCUT2D eigenvalue weighted by atomic mass is 19.4. The molecule has 0 saturated carbocycles. The second-order valence-corrected chi connectivity index (χ2v) is 2.92. The SMILES string of the molecule is FC(F)(F)c1cccc(-n2[c]ccn2)c1. The van der Waals surface area contributed by atoms with Gasteiger partial charge in [-0.05, 0) is 24.3 Å². The van der Waals surface area contributed by atoms with Gasteiger partial charge in [-0.15, -0.1) is 0 Å². The number of hydrogen-bond donors (Lipinski definition) is 0. The molecule has 77 valence electrons. The van der Waals surface area contributed by atoms with Crippen LogP contribution in [0.4, 0.5) is 13.2 Å². The maximum atomic E-state index is 12.4. The Labute approximate surface area is 84.0 Å².